The van der Waals surface area contributed by atoms with Crippen molar-refractivity contribution in [3.63, 3.8) is 0 Å². The number of hydrogen-bond acceptors (Lipinski definition) is 1. The smallest absolute Gasteiger partial charge is 0.153 e. The molecule has 0 heterocycles. The van der Waals surface area contributed by atoms with Crippen molar-refractivity contribution in [3.8, 4) is 0 Å². The van der Waals surface area contributed by atoms with Crippen LogP contribution in [-0.2, 0) is 0 Å². The summed E-state index contributed by atoms with van der Waals surface area (Å²) in [6.07, 6.45) is 0. The van der Waals surface area contributed by atoms with E-state index in [9.17, 15) is 8.78 Å². The van der Waals surface area contributed by atoms with Gasteiger partial charge in [0.2, 0.25) is 0 Å². The van der Waals surface area contributed by atoms with Crippen molar-refractivity contribution in [2.24, 2.45) is 0 Å². The zero-order valence-corrected chi connectivity index (χ0v) is 9.10. The van der Waals surface area contributed by atoms with Crippen molar-refractivity contribution in [2.45, 2.75) is 4.90 Å². The van der Waals surface area contributed by atoms with Crippen LogP contribution < -0.4 is 0 Å². The van der Waals surface area contributed by atoms with Gasteiger partial charge in [-0.1, -0.05) is 0 Å². The summed E-state index contributed by atoms with van der Waals surface area (Å²) >= 11 is 9.46. The van der Waals surface area contributed by atoms with Gasteiger partial charge < -0.3 is 0 Å². The summed E-state index contributed by atoms with van der Waals surface area (Å²) in [5.41, 5.74) is 0. The molecule has 0 nitrogen and oxygen atoms in total. The molecule has 1 aromatic carbocycles. The highest BCUT2D eigenvalue weighted by molar-refractivity contribution is 9.11. The van der Waals surface area contributed by atoms with Crippen LogP contribution in [0.25, 0.3) is 0 Å². The van der Waals surface area contributed by atoms with Gasteiger partial charge in [-0.3, -0.25) is 0 Å². The minimum atomic E-state index is -0.686. The Kier molecular flexibility index (Phi) is 2.94. The van der Waals surface area contributed by atoms with E-state index in [4.69, 9.17) is 0 Å². The number of halogens is 4. The maximum absolute atomic E-state index is 12.8. The third-order valence-corrected chi connectivity index (χ3v) is 2.64. The summed E-state index contributed by atoms with van der Waals surface area (Å²) in [6, 6.07) is 1.30. The van der Waals surface area contributed by atoms with Gasteiger partial charge >= 0.3 is 0 Å². The van der Waals surface area contributed by atoms with Crippen molar-refractivity contribution < 1.29 is 8.78 Å². The van der Waals surface area contributed by atoms with E-state index in [-0.39, 0.29) is 13.8 Å². The van der Waals surface area contributed by atoms with Crippen LogP contribution in [0.2, 0.25) is 0 Å². The lowest BCUT2D eigenvalue weighted by atomic mass is 10.3. The third kappa shape index (κ3) is 1.76. The molecule has 0 N–H and O–H groups in total. The summed E-state index contributed by atoms with van der Waals surface area (Å²) in [5.74, 6) is -1.37. The molecule has 5 heteroatoms. The molecule has 60 valence electrons. The molecule has 0 aliphatic rings. The maximum atomic E-state index is 12.8. The quantitative estimate of drug-likeness (QED) is 0.547. The monoisotopic (exact) mass is 302 g/mol. The summed E-state index contributed by atoms with van der Waals surface area (Å²) in [6.45, 7) is 0. The van der Waals surface area contributed by atoms with Crippen molar-refractivity contribution in [3.05, 3.63) is 26.6 Å². The molecule has 0 radical (unpaired) electrons. The van der Waals surface area contributed by atoms with Crippen LogP contribution in [-0.4, -0.2) is 0 Å². The number of benzene rings is 1. The second-order valence-corrected chi connectivity index (χ2v) is 3.97. The fourth-order valence-corrected chi connectivity index (χ4v) is 2.27. The predicted molar refractivity (Wildman–Crippen MR) is 49.0 cm³/mol. The van der Waals surface area contributed by atoms with Crippen LogP contribution in [0, 0.1) is 11.6 Å². The molecule has 0 aliphatic heterocycles. The molecular formula is C6H2Br2F2S. The lowest BCUT2D eigenvalue weighted by Crippen LogP contribution is -1.87. The van der Waals surface area contributed by atoms with E-state index in [0.29, 0.717) is 0 Å². The van der Waals surface area contributed by atoms with Crippen molar-refractivity contribution in [2.75, 3.05) is 0 Å². The molecular weight excluding hydrogens is 302 g/mol. The van der Waals surface area contributed by atoms with E-state index in [1.165, 1.54) is 6.07 Å². The molecule has 0 saturated carbocycles. The zero-order valence-electron chi connectivity index (χ0n) is 5.04. The van der Waals surface area contributed by atoms with E-state index >= 15 is 0 Å². The summed E-state index contributed by atoms with van der Waals surface area (Å²) < 4.78 is 26.0. The largest absolute Gasteiger partial charge is 0.204 e. The van der Waals surface area contributed by atoms with E-state index in [0.717, 1.165) is 0 Å². The van der Waals surface area contributed by atoms with Gasteiger partial charge in [-0.05, 0) is 37.9 Å². The Labute approximate surface area is 84.7 Å². The second-order valence-electron chi connectivity index (χ2n) is 1.82. The van der Waals surface area contributed by atoms with Gasteiger partial charge in [0.15, 0.2) is 11.6 Å². The Morgan fingerprint density at radius 3 is 1.82 bits per heavy atom. The molecule has 1 aromatic rings. The summed E-state index contributed by atoms with van der Waals surface area (Å²) in [4.78, 5) is -0.286. The normalized spacial score (nSPS) is 10.3. The molecule has 0 atom stereocenters. The number of thiol groups is 1. The molecule has 0 spiro atoms. The molecule has 0 bridgehead atoms. The SMILES string of the molecule is Fc1c(Br)cc(Br)c(F)c1S. The van der Waals surface area contributed by atoms with Crippen LogP contribution >= 0.6 is 44.5 Å². The maximum Gasteiger partial charge on any atom is 0.153 e. The van der Waals surface area contributed by atoms with Gasteiger partial charge in [0.05, 0.1) is 13.8 Å². The fraction of sp³-hybridized carbons (Fsp3) is 0. The second kappa shape index (κ2) is 3.41. The molecule has 0 saturated heterocycles. The topological polar surface area (TPSA) is 0 Å². The van der Waals surface area contributed by atoms with Crippen molar-refractivity contribution in [1.82, 2.24) is 0 Å². The Morgan fingerprint density at radius 2 is 1.45 bits per heavy atom. The van der Waals surface area contributed by atoms with Crippen LogP contribution in [0.15, 0.2) is 19.9 Å². The fourth-order valence-electron chi connectivity index (χ4n) is 0.561. The Bertz CT molecular complexity index is 275. The van der Waals surface area contributed by atoms with Crippen molar-refractivity contribution >= 4 is 44.5 Å². The average Bonchev–Trinajstić information content (AvgIpc) is 1.97. The van der Waals surface area contributed by atoms with E-state index in [2.05, 4.69) is 44.5 Å². The highest BCUT2D eigenvalue weighted by atomic mass is 79.9. The standard InChI is InChI=1S/C6H2Br2F2S/c7-2-1-3(8)5(10)6(11)4(2)9/h1,11H. The van der Waals surface area contributed by atoms with Gasteiger partial charge in [-0.25, -0.2) is 8.78 Å². The molecule has 0 amide bonds. The Balaban J connectivity index is 3.46. The lowest BCUT2D eigenvalue weighted by Gasteiger charge is -2.01. The van der Waals surface area contributed by atoms with Gasteiger partial charge in [0, 0.05) is 0 Å². The lowest BCUT2D eigenvalue weighted by molar-refractivity contribution is 0.533. The Hall–Kier alpha value is 0.390. The van der Waals surface area contributed by atoms with Crippen LogP contribution in [0.4, 0.5) is 8.78 Å². The van der Waals surface area contributed by atoms with E-state index in [1.54, 1.807) is 0 Å². The highest BCUT2D eigenvalue weighted by Gasteiger charge is 2.12. The molecule has 0 aliphatic carbocycles. The minimum Gasteiger partial charge on any atom is -0.204 e. The highest BCUT2D eigenvalue weighted by Crippen LogP contribution is 2.30. The van der Waals surface area contributed by atoms with Gasteiger partial charge in [-0.15, -0.1) is 12.6 Å². The minimum absolute atomic E-state index is 0.191. The predicted octanol–water partition coefficient (Wildman–Crippen LogP) is 3.78. The first kappa shape index (κ1) is 9.48. The van der Waals surface area contributed by atoms with Gasteiger partial charge in [0.25, 0.3) is 0 Å². The van der Waals surface area contributed by atoms with Gasteiger partial charge in [-0.2, -0.15) is 0 Å². The van der Waals surface area contributed by atoms with Crippen LogP contribution in [0.5, 0.6) is 0 Å². The average molecular weight is 304 g/mol. The Morgan fingerprint density at radius 1 is 1.09 bits per heavy atom. The summed E-state index contributed by atoms with van der Waals surface area (Å²) in [7, 11) is 0. The first-order valence-corrected chi connectivity index (χ1v) is 4.59. The van der Waals surface area contributed by atoms with Crippen LogP contribution in [0.3, 0.4) is 0 Å². The first-order valence-electron chi connectivity index (χ1n) is 2.56. The zero-order chi connectivity index (χ0) is 8.59. The molecule has 0 unspecified atom stereocenters. The molecule has 1 rings (SSSR count). The van der Waals surface area contributed by atoms with E-state index in [1.807, 2.05) is 0 Å². The molecule has 11 heavy (non-hydrogen) atoms. The molecule has 0 fully saturated rings. The van der Waals surface area contributed by atoms with Gasteiger partial charge in [0.1, 0.15) is 0 Å². The number of hydrogen-bond donors (Lipinski definition) is 1. The number of rotatable bonds is 0. The summed E-state index contributed by atoms with van der Waals surface area (Å²) in [5, 5.41) is 0. The third-order valence-electron chi connectivity index (χ3n) is 1.09. The van der Waals surface area contributed by atoms with E-state index < -0.39 is 11.6 Å². The first-order chi connectivity index (χ1) is 5.04. The van der Waals surface area contributed by atoms with Crippen LogP contribution in [0.1, 0.15) is 0 Å². The molecule has 0 aromatic heterocycles. The van der Waals surface area contributed by atoms with Crippen molar-refractivity contribution in [1.29, 1.82) is 0 Å².